The zero-order chi connectivity index (χ0) is 22.6. The van der Waals surface area contributed by atoms with Crippen LogP contribution in [0.5, 0.6) is 11.5 Å². The Hall–Kier alpha value is -3.53. The third-order valence-electron chi connectivity index (χ3n) is 4.11. The minimum Gasteiger partial charge on any atom is -0.497 e. The monoisotopic (exact) mass is 452 g/mol. The fourth-order valence-electron chi connectivity index (χ4n) is 2.62. The Balaban J connectivity index is 1.72. The lowest BCUT2D eigenvalue weighted by atomic mass is 10.1. The first-order valence-corrected chi connectivity index (χ1v) is 9.09. The van der Waals surface area contributed by atoms with Crippen molar-refractivity contribution in [3.8, 4) is 22.9 Å². The van der Waals surface area contributed by atoms with Crippen molar-refractivity contribution in [3.05, 3.63) is 58.6 Å². The molecule has 3 aromatic rings. The van der Waals surface area contributed by atoms with Gasteiger partial charge in [0, 0.05) is 12.1 Å². The number of nitrogens with one attached hydrogen (secondary N) is 2. The summed E-state index contributed by atoms with van der Waals surface area (Å²) in [5.74, 6) is 0.766. The average Bonchev–Trinajstić information content (AvgIpc) is 3.19. The van der Waals surface area contributed by atoms with Crippen LogP contribution in [0.2, 0.25) is 5.02 Å². The van der Waals surface area contributed by atoms with Crippen LogP contribution in [0.3, 0.4) is 0 Å². The van der Waals surface area contributed by atoms with E-state index in [4.69, 9.17) is 21.1 Å². The first-order valence-electron chi connectivity index (χ1n) is 8.72. The molecule has 2 N–H and O–H groups in total. The topological polar surface area (TPSA) is 89.1 Å². The summed E-state index contributed by atoms with van der Waals surface area (Å²) in [6.45, 7) is 0. The molecule has 162 valence electrons. The van der Waals surface area contributed by atoms with Crippen molar-refractivity contribution in [2.24, 2.45) is 0 Å². The predicted molar refractivity (Wildman–Crippen MR) is 109 cm³/mol. The molecule has 0 radical (unpaired) electrons. The van der Waals surface area contributed by atoms with Crippen LogP contribution in [0.15, 0.2) is 42.5 Å². The van der Waals surface area contributed by atoms with Crippen LogP contribution >= 0.6 is 11.6 Å². The number of halogens is 4. The van der Waals surface area contributed by atoms with Crippen LogP contribution < -0.4 is 14.8 Å². The van der Waals surface area contributed by atoms with E-state index in [1.165, 1.54) is 26.4 Å². The highest BCUT2D eigenvalue weighted by atomic mass is 35.5. The number of benzene rings is 2. The molecule has 0 aliphatic rings. The van der Waals surface area contributed by atoms with Crippen LogP contribution in [-0.4, -0.2) is 35.3 Å². The van der Waals surface area contributed by atoms with Crippen LogP contribution in [0.1, 0.15) is 11.1 Å². The minimum absolute atomic E-state index is 0.0189. The lowest BCUT2D eigenvalue weighted by Gasteiger charge is -2.09. The molecule has 0 aliphatic heterocycles. The molecule has 0 saturated carbocycles. The van der Waals surface area contributed by atoms with Crippen LogP contribution in [-0.2, 0) is 11.0 Å². The Morgan fingerprint density at radius 1 is 1.16 bits per heavy atom. The minimum atomic E-state index is -4.60. The van der Waals surface area contributed by atoms with Gasteiger partial charge in [0.2, 0.25) is 5.95 Å². The zero-order valence-corrected chi connectivity index (χ0v) is 17.0. The average molecular weight is 453 g/mol. The molecule has 3 rings (SSSR count). The Bertz CT molecular complexity index is 1130. The van der Waals surface area contributed by atoms with Crippen molar-refractivity contribution in [1.29, 1.82) is 0 Å². The number of H-pyrrole nitrogens is 1. The van der Waals surface area contributed by atoms with Crippen molar-refractivity contribution in [3.63, 3.8) is 0 Å². The second-order valence-corrected chi connectivity index (χ2v) is 6.54. The van der Waals surface area contributed by atoms with Crippen LogP contribution in [0, 0.1) is 0 Å². The molecule has 7 nitrogen and oxygen atoms in total. The molecule has 11 heteroatoms. The lowest BCUT2D eigenvalue weighted by molar-refractivity contribution is -0.137. The number of aromatic amines is 1. The van der Waals surface area contributed by atoms with E-state index in [0.29, 0.717) is 22.9 Å². The van der Waals surface area contributed by atoms with Crippen molar-refractivity contribution < 1.29 is 27.4 Å². The third-order valence-corrected chi connectivity index (χ3v) is 4.44. The largest absolute Gasteiger partial charge is 0.497 e. The fourth-order valence-corrected chi connectivity index (χ4v) is 2.84. The first kappa shape index (κ1) is 22.2. The number of anilines is 1. The molecular formula is C20H16ClF3N4O3. The number of ether oxygens (including phenoxy) is 2. The summed E-state index contributed by atoms with van der Waals surface area (Å²) >= 11 is 5.58. The van der Waals surface area contributed by atoms with Gasteiger partial charge in [-0.3, -0.25) is 15.2 Å². The Morgan fingerprint density at radius 3 is 2.61 bits per heavy atom. The molecule has 0 bridgehead atoms. The molecular weight excluding hydrogens is 437 g/mol. The molecule has 0 saturated heterocycles. The molecule has 2 aromatic carbocycles. The van der Waals surface area contributed by atoms with Gasteiger partial charge in [0.1, 0.15) is 11.5 Å². The second-order valence-electron chi connectivity index (χ2n) is 6.13. The summed E-state index contributed by atoms with van der Waals surface area (Å²) in [6.07, 6.45) is -2.31. The molecule has 0 unspecified atom stereocenters. The lowest BCUT2D eigenvalue weighted by Crippen LogP contribution is -2.09. The van der Waals surface area contributed by atoms with E-state index >= 15 is 0 Å². The number of aromatic nitrogens is 3. The van der Waals surface area contributed by atoms with E-state index in [-0.39, 0.29) is 11.5 Å². The molecule has 1 aromatic heterocycles. The Kier molecular flexibility index (Phi) is 6.50. The number of hydrogen-bond donors (Lipinski definition) is 2. The van der Waals surface area contributed by atoms with E-state index < -0.39 is 22.7 Å². The van der Waals surface area contributed by atoms with E-state index in [1.54, 1.807) is 18.2 Å². The van der Waals surface area contributed by atoms with Gasteiger partial charge in [0.05, 0.1) is 30.4 Å². The number of carbonyl (C=O) groups is 1. The van der Waals surface area contributed by atoms with Crippen molar-refractivity contribution in [2.45, 2.75) is 6.18 Å². The van der Waals surface area contributed by atoms with E-state index in [0.717, 1.165) is 18.2 Å². The van der Waals surface area contributed by atoms with Crippen molar-refractivity contribution in [1.82, 2.24) is 15.2 Å². The molecule has 0 spiro atoms. The van der Waals surface area contributed by atoms with Gasteiger partial charge in [0.15, 0.2) is 5.82 Å². The fraction of sp³-hybridized carbons (Fsp3) is 0.150. The summed E-state index contributed by atoms with van der Waals surface area (Å²) < 4.78 is 49.2. The number of alkyl halides is 3. The number of hydrogen-bond acceptors (Lipinski definition) is 5. The summed E-state index contributed by atoms with van der Waals surface area (Å²) in [7, 11) is 3.01. The second kappa shape index (κ2) is 9.09. The normalized spacial score (nSPS) is 11.5. The maximum atomic E-state index is 12.9. The highest BCUT2D eigenvalue weighted by Crippen LogP contribution is 2.35. The van der Waals surface area contributed by atoms with Gasteiger partial charge in [-0.1, -0.05) is 17.7 Å². The smallest absolute Gasteiger partial charge is 0.417 e. The summed E-state index contributed by atoms with van der Waals surface area (Å²) in [4.78, 5) is 16.3. The first-order chi connectivity index (χ1) is 14.7. The summed E-state index contributed by atoms with van der Waals surface area (Å²) in [5, 5.41) is 8.60. The number of nitrogens with zero attached hydrogens (tertiary/aromatic N) is 2. The van der Waals surface area contributed by atoms with Crippen molar-refractivity contribution >= 4 is 29.5 Å². The SMILES string of the molecule is COc1ccc(-c2nc(NC(=O)C=Cc3ccc(Cl)c(C(F)(F)F)c3)n[nH]2)c(OC)c1. The van der Waals surface area contributed by atoms with Gasteiger partial charge in [-0.15, -0.1) is 5.10 Å². The summed E-state index contributed by atoms with van der Waals surface area (Å²) in [6, 6.07) is 8.42. The Labute approximate surface area is 179 Å². The quantitative estimate of drug-likeness (QED) is 0.524. The highest BCUT2D eigenvalue weighted by molar-refractivity contribution is 6.31. The molecule has 1 heterocycles. The predicted octanol–water partition coefficient (Wildman–Crippen LogP) is 4.81. The van der Waals surface area contributed by atoms with E-state index in [9.17, 15) is 18.0 Å². The van der Waals surface area contributed by atoms with E-state index in [1.807, 2.05) is 0 Å². The molecule has 0 fully saturated rings. The molecule has 1 amide bonds. The van der Waals surface area contributed by atoms with Crippen molar-refractivity contribution in [2.75, 3.05) is 19.5 Å². The van der Waals surface area contributed by atoms with Gasteiger partial charge in [0.25, 0.3) is 5.91 Å². The highest BCUT2D eigenvalue weighted by Gasteiger charge is 2.33. The van der Waals surface area contributed by atoms with E-state index in [2.05, 4.69) is 20.5 Å². The Morgan fingerprint density at radius 2 is 1.94 bits per heavy atom. The van der Waals surface area contributed by atoms with Gasteiger partial charge in [-0.25, -0.2) is 0 Å². The van der Waals surface area contributed by atoms with Crippen LogP contribution in [0.25, 0.3) is 17.5 Å². The number of methoxy groups -OCH3 is 2. The van der Waals surface area contributed by atoms with Gasteiger partial charge in [-0.05, 0) is 35.9 Å². The number of rotatable bonds is 6. The van der Waals surface area contributed by atoms with Gasteiger partial charge < -0.3 is 9.47 Å². The van der Waals surface area contributed by atoms with Crippen LogP contribution in [0.4, 0.5) is 19.1 Å². The standard InChI is InChI=1S/C20H16ClF3N4O3/c1-30-12-5-6-13(16(10-12)31-2)18-26-19(28-27-18)25-17(29)8-4-11-3-7-15(21)14(9-11)20(22,23)24/h3-10H,1-2H3,(H2,25,26,27,28,29). The maximum absolute atomic E-state index is 12.9. The third kappa shape index (κ3) is 5.34. The maximum Gasteiger partial charge on any atom is 0.417 e. The molecule has 0 atom stereocenters. The zero-order valence-electron chi connectivity index (χ0n) is 16.2. The molecule has 0 aliphatic carbocycles. The molecule has 31 heavy (non-hydrogen) atoms. The number of carbonyl (C=O) groups excluding carboxylic acids is 1. The summed E-state index contributed by atoms with van der Waals surface area (Å²) in [5.41, 5.74) is -0.234. The number of amides is 1. The van der Waals surface area contributed by atoms with Gasteiger partial charge in [-0.2, -0.15) is 18.2 Å². The van der Waals surface area contributed by atoms with Gasteiger partial charge >= 0.3 is 6.18 Å².